The lowest BCUT2D eigenvalue weighted by molar-refractivity contribution is -0.0341. The third-order valence-electron chi connectivity index (χ3n) is 3.11. The van der Waals surface area contributed by atoms with Crippen LogP contribution < -0.4 is 10.6 Å². The molecule has 2 N–H and O–H groups in total. The maximum absolute atomic E-state index is 5.68. The smallest absolute Gasteiger partial charge is 0.0826 e. The monoisotopic (exact) mass is 273 g/mol. The molecule has 1 saturated heterocycles. The van der Waals surface area contributed by atoms with Gasteiger partial charge in [0.15, 0.2) is 0 Å². The number of morpholine rings is 1. The molecular formula is C14H31N3O2. The number of hydrogen-bond donors (Lipinski definition) is 2. The highest BCUT2D eigenvalue weighted by Crippen LogP contribution is 2.04. The molecule has 19 heavy (non-hydrogen) atoms. The van der Waals surface area contributed by atoms with Gasteiger partial charge in [0.1, 0.15) is 0 Å². The summed E-state index contributed by atoms with van der Waals surface area (Å²) in [5.74, 6) is 0. The van der Waals surface area contributed by atoms with E-state index in [0.717, 1.165) is 52.5 Å². The van der Waals surface area contributed by atoms with E-state index in [4.69, 9.17) is 9.47 Å². The maximum Gasteiger partial charge on any atom is 0.0826 e. The second kappa shape index (κ2) is 8.87. The Morgan fingerprint density at radius 3 is 2.79 bits per heavy atom. The van der Waals surface area contributed by atoms with Gasteiger partial charge in [0.25, 0.3) is 0 Å². The average Bonchev–Trinajstić information content (AvgIpc) is 2.33. The molecule has 5 nitrogen and oxygen atoms in total. The summed E-state index contributed by atoms with van der Waals surface area (Å²) in [6, 6.07) is 0. The van der Waals surface area contributed by atoms with Gasteiger partial charge in [-0.3, -0.25) is 4.90 Å². The second-order valence-corrected chi connectivity index (χ2v) is 6.14. The Hall–Kier alpha value is -0.200. The Bertz CT molecular complexity index is 229. The van der Waals surface area contributed by atoms with E-state index in [0.29, 0.717) is 6.10 Å². The molecule has 1 aliphatic heterocycles. The highest BCUT2D eigenvalue weighted by molar-refractivity contribution is 4.73. The summed E-state index contributed by atoms with van der Waals surface area (Å²) in [7, 11) is 1.97. The molecule has 1 atom stereocenters. The predicted molar refractivity (Wildman–Crippen MR) is 78.7 cm³/mol. The Labute approximate surface area is 118 Å². The average molecular weight is 273 g/mol. The highest BCUT2D eigenvalue weighted by Gasteiger charge is 2.19. The van der Waals surface area contributed by atoms with Crippen molar-refractivity contribution in [1.82, 2.24) is 15.5 Å². The first kappa shape index (κ1) is 16.9. The molecule has 1 heterocycles. The lowest BCUT2D eigenvalue weighted by atomic mass is 10.1. The van der Waals surface area contributed by atoms with Crippen LogP contribution in [0.1, 0.15) is 20.8 Å². The normalized spacial score (nSPS) is 21.8. The van der Waals surface area contributed by atoms with Crippen molar-refractivity contribution in [3.05, 3.63) is 0 Å². The van der Waals surface area contributed by atoms with Crippen LogP contribution >= 0.6 is 0 Å². The van der Waals surface area contributed by atoms with E-state index in [-0.39, 0.29) is 5.54 Å². The number of nitrogens with zero attached hydrogens (tertiary/aromatic N) is 1. The number of nitrogens with one attached hydrogen (secondary N) is 2. The quantitative estimate of drug-likeness (QED) is 0.623. The molecule has 0 bridgehead atoms. The van der Waals surface area contributed by atoms with Gasteiger partial charge in [-0.15, -0.1) is 0 Å². The Morgan fingerprint density at radius 2 is 2.11 bits per heavy atom. The van der Waals surface area contributed by atoms with Crippen molar-refractivity contribution >= 4 is 0 Å². The van der Waals surface area contributed by atoms with Crippen LogP contribution in [0.15, 0.2) is 0 Å². The molecule has 0 aromatic carbocycles. The Balaban J connectivity index is 2.00. The van der Waals surface area contributed by atoms with Crippen LogP contribution in [0.4, 0.5) is 0 Å². The van der Waals surface area contributed by atoms with Gasteiger partial charge in [0.2, 0.25) is 0 Å². The van der Waals surface area contributed by atoms with Crippen molar-refractivity contribution in [2.45, 2.75) is 32.4 Å². The first-order chi connectivity index (χ1) is 9.01. The minimum atomic E-state index is 0.175. The van der Waals surface area contributed by atoms with Crippen LogP contribution in [0.5, 0.6) is 0 Å². The van der Waals surface area contributed by atoms with E-state index in [9.17, 15) is 0 Å². The number of rotatable bonds is 8. The van der Waals surface area contributed by atoms with Gasteiger partial charge in [-0.2, -0.15) is 0 Å². The standard InChI is InChI=1S/C14H31N3O2/c1-14(2,3)16-5-8-18-9-6-17-7-10-19-13(12-17)11-15-4/h13,15-16H,5-12H2,1-4H3. The lowest BCUT2D eigenvalue weighted by Crippen LogP contribution is -2.47. The maximum atomic E-state index is 5.68. The van der Waals surface area contributed by atoms with Crippen molar-refractivity contribution in [1.29, 1.82) is 0 Å². The molecule has 0 radical (unpaired) electrons. The molecule has 0 spiro atoms. The van der Waals surface area contributed by atoms with Crippen molar-refractivity contribution in [2.75, 3.05) is 59.6 Å². The third kappa shape index (κ3) is 8.55. The largest absolute Gasteiger partial charge is 0.379 e. The minimum Gasteiger partial charge on any atom is -0.379 e. The van der Waals surface area contributed by atoms with Crippen LogP contribution in [-0.4, -0.2) is 76.1 Å². The predicted octanol–water partition coefficient (Wildman–Crippen LogP) is 0.311. The zero-order valence-corrected chi connectivity index (χ0v) is 13.0. The van der Waals surface area contributed by atoms with Gasteiger partial charge in [-0.25, -0.2) is 0 Å². The van der Waals surface area contributed by atoms with Crippen LogP contribution in [0.3, 0.4) is 0 Å². The summed E-state index contributed by atoms with van der Waals surface area (Å²) in [5, 5.41) is 6.58. The number of hydrogen-bond acceptors (Lipinski definition) is 5. The fourth-order valence-electron chi connectivity index (χ4n) is 2.13. The van der Waals surface area contributed by atoms with E-state index in [1.807, 2.05) is 7.05 Å². The van der Waals surface area contributed by atoms with Crippen LogP contribution in [0, 0.1) is 0 Å². The van der Waals surface area contributed by atoms with Crippen molar-refractivity contribution in [2.24, 2.45) is 0 Å². The zero-order chi connectivity index (χ0) is 14.1. The molecule has 1 aliphatic rings. The minimum absolute atomic E-state index is 0.175. The summed E-state index contributed by atoms with van der Waals surface area (Å²) in [6.45, 7) is 13.8. The fourth-order valence-corrected chi connectivity index (χ4v) is 2.13. The van der Waals surface area contributed by atoms with Gasteiger partial charge < -0.3 is 20.1 Å². The Kier molecular flexibility index (Phi) is 7.87. The molecule has 1 rings (SSSR count). The fraction of sp³-hybridized carbons (Fsp3) is 1.00. The number of likely N-dealkylation sites (N-methyl/N-ethyl adjacent to an activating group) is 1. The topological polar surface area (TPSA) is 45.8 Å². The summed E-state index contributed by atoms with van der Waals surface area (Å²) in [4.78, 5) is 2.42. The molecule has 0 aromatic heterocycles. The molecule has 0 aliphatic carbocycles. The molecule has 0 amide bonds. The lowest BCUT2D eigenvalue weighted by Gasteiger charge is -2.32. The summed E-state index contributed by atoms with van der Waals surface area (Å²) < 4.78 is 11.3. The van der Waals surface area contributed by atoms with Gasteiger partial charge in [0.05, 0.1) is 25.9 Å². The Morgan fingerprint density at radius 1 is 1.32 bits per heavy atom. The summed E-state index contributed by atoms with van der Waals surface area (Å²) >= 11 is 0. The van der Waals surface area contributed by atoms with Crippen molar-refractivity contribution < 1.29 is 9.47 Å². The molecule has 0 saturated carbocycles. The number of ether oxygens (including phenoxy) is 2. The molecular weight excluding hydrogens is 242 g/mol. The van der Waals surface area contributed by atoms with E-state index >= 15 is 0 Å². The first-order valence-corrected chi connectivity index (χ1v) is 7.32. The van der Waals surface area contributed by atoms with Crippen molar-refractivity contribution in [3.8, 4) is 0 Å². The SMILES string of the molecule is CNCC1CN(CCOCCNC(C)(C)C)CCO1. The van der Waals surface area contributed by atoms with Gasteiger partial charge in [-0.1, -0.05) is 0 Å². The van der Waals surface area contributed by atoms with E-state index in [2.05, 4.69) is 36.3 Å². The zero-order valence-electron chi connectivity index (χ0n) is 13.0. The van der Waals surface area contributed by atoms with E-state index in [1.54, 1.807) is 0 Å². The molecule has 1 fully saturated rings. The van der Waals surface area contributed by atoms with Gasteiger partial charge >= 0.3 is 0 Å². The van der Waals surface area contributed by atoms with Gasteiger partial charge in [-0.05, 0) is 27.8 Å². The van der Waals surface area contributed by atoms with Crippen molar-refractivity contribution in [3.63, 3.8) is 0 Å². The van der Waals surface area contributed by atoms with Crippen LogP contribution in [0.2, 0.25) is 0 Å². The summed E-state index contributed by atoms with van der Waals surface area (Å²) in [6.07, 6.45) is 0.321. The summed E-state index contributed by atoms with van der Waals surface area (Å²) in [5.41, 5.74) is 0.175. The van der Waals surface area contributed by atoms with Crippen LogP contribution in [0.25, 0.3) is 0 Å². The second-order valence-electron chi connectivity index (χ2n) is 6.14. The molecule has 1 unspecified atom stereocenters. The molecule has 0 aromatic rings. The van der Waals surface area contributed by atoms with Crippen LogP contribution in [-0.2, 0) is 9.47 Å². The molecule has 5 heteroatoms. The molecule has 114 valence electrons. The first-order valence-electron chi connectivity index (χ1n) is 7.32. The van der Waals surface area contributed by atoms with E-state index < -0.39 is 0 Å². The third-order valence-corrected chi connectivity index (χ3v) is 3.11. The van der Waals surface area contributed by atoms with E-state index in [1.165, 1.54) is 0 Å². The van der Waals surface area contributed by atoms with Gasteiger partial charge in [0, 0.05) is 38.3 Å². The highest BCUT2D eigenvalue weighted by atomic mass is 16.5.